The summed E-state index contributed by atoms with van der Waals surface area (Å²) < 4.78 is 0. The average molecular weight is 181 g/mol. The summed E-state index contributed by atoms with van der Waals surface area (Å²) in [6, 6.07) is 0. The summed E-state index contributed by atoms with van der Waals surface area (Å²) in [6.45, 7) is 5.59. The number of hydrogen-bond donors (Lipinski definition) is 0. The van der Waals surface area contributed by atoms with E-state index >= 15 is 0 Å². The highest BCUT2D eigenvalue weighted by Gasteiger charge is 2.17. The van der Waals surface area contributed by atoms with Crippen LogP contribution in [0, 0.1) is 0 Å². The van der Waals surface area contributed by atoms with Gasteiger partial charge in [0.15, 0.2) is 0 Å². The van der Waals surface area contributed by atoms with Gasteiger partial charge in [-0.1, -0.05) is 6.08 Å². The van der Waals surface area contributed by atoms with Gasteiger partial charge in [0.25, 0.3) is 0 Å². The SMILES string of the molecule is C=N/C=C1\C(=C/C)CCCC1P. The Kier molecular flexibility index (Phi) is 3.68. The molecule has 0 aromatic heterocycles. The Morgan fingerprint density at radius 3 is 3.00 bits per heavy atom. The van der Waals surface area contributed by atoms with Gasteiger partial charge in [-0.05, 0) is 44.0 Å². The first kappa shape index (κ1) is 9.67. The van der Waals surface area contributed by atoms with E-state index in [2.05, 4.69) is 33.9 Å². The molecular formula is C10H16NP. The summed E-state index contributed by atoms with van der Waals surface area (Å²) in [5, 5.41) is 0. The van der Waals surface area contributed by atoms with Crippen LogP contribution in [0.25, 0.3) is 0 Å². The number of hydrogen-bond acceptors (Lipinski definition) is 1. The van der Waals surface area contributed by atoms with E-state index in [9.17, 15) is 0 Å². The highest BCUT2D eigenvalue weighted by molar-refractivity contribution is 7.18. The highest BCUT2D eigenvalue weighted by atomic mass is 31.0. The fraction of sp³-hybridized carbons (Fsp3) is 0.500. The van der Waals surface area contributed by atoms with E-state index in [0.29, 0.717) is 5.66 Å². The van der Waals surface area contributed by atoms with Crippen molar-refractivity contribution in [1.82, 2.24) is 0 Å². The molecule has 0 N–H and O–H groups in total. The molecule has 1 saturated carbocycles. The van der Waals surface area contributed by atoms with Gasteiger partial charge in [0.05, 0.1) is 0 Å². The minimum atomic E-state index is 0.579. The number of allylic oxidation sites excluding steroid dienone is 3. The van der Waals surface area contributed by atoms with Gasteiger partial charge in [-0.15, -0.1) is 9.24 Å². The quantitative estimate of drug-likeness (QED) is 0.435. The molecule has 0 heterocycles. The lowest BCUT2D eigenvalue weighted by Gasteiger charge is -2.23. The van der Waals surface area contributed by atoms with Crippen LogP contribution in [0.15, 0.2) is 28.4 Å². The van der Waals surface area contributed by atoms with Gasteiger partial charge >= 0.3 is 0 Å². The molecular weight excluding hydrogens is 165 g/mol. The summed E-state index contributed by atoms with van der Waals surface area (Å²) in [6.07, 6.45) is 7.83. The van der Waals surface area contributed by atoms with Crippen molar-refractivity contribution >= 4 is 16.0 Å². The molecule has 66 valence electrons. The van der Waals surface area contributed by atoms with Crippen LogP contribution in [-0.4, -0.2) is 12.4 Å². The van der Waals surface area contributed by atoms with Crippen molar-refractivity contribution in [1.29, 1.82) is 0 Å². The monoisotopic (exact) mass is 181 g/mol. The molecule has 2 unspecified atom stereocenters. The molecule has 0 saturated heterocycles. The van der Waals surface area contributed by atoms with E-state index in [1.54, 1.807) is 0 Å². The maximum Gasteiger partial charge on any atom is 0.0301 e. The predicted molar refractivity (Wildman–Crippen MR) is 58.7 cm³/mol. The molecule has 1 aliphatic carbocycles. The maximum absolute atomic E-state index is 3.84. The van der Waals surface area contributed by atoms with Gasteiger partial charge in [-0.2, -0.15) is 0 Å². The van der Waals surface area contributed by atoms with Crippen LogP contribution in [0.3, 0.4) is 0 Å². The molecule has 1 aliphatic rings. The van der Waals surface area contributed by atoms with Gasteiger partial charge in [0, 0.05) is 11.9 Å². The predicted octanol–water partition coefficient (Wildman–Crippen LogP) is 2.94. The third-order valence-corrected chi connectivity index (χ3v) is 3.00. The highest BCUT2D eigenvalue weighted by Crippen LogP contribution is 2.33. The zero-order valence-corrected chi connectivity index (χ0v) is 8.74. The first-order valence-electron chi connectivity index (χ1n) is 4.36. The Bertz CT molecular complexity index is 228. The normalized spacial score (nSPS) is 31.0. The van der Waals surface area contributed by atoms with Crippen LogP contribution < -0.4 is 0 Å². The standard InChI is InChI=1S/C10H16NP/c1-3-8-5-4-6-10(12)9(8)7-11-2/h3,7,10H,2,4-6,12H2,1H3/b8-3-,9-7+. The summed E-state index contributed by atoms with van der Waals surface area (Å²) >= 11 is 0. The maximum atomic E-state index is 3.84. The molecule has 0 bridgehead atoms. The summed E-state index contributed by atoms with van der Waals surface area (Å²) in [5.74, 6) is 0. The second kappa shape index (κ2) is 4.57. The Morgan fingerprint density at radius 2 is 2.42 bits per heavy atom. The van der Waals surface area contributed by atoms with Crippen molar-refractivity contribution < 1.29 is 0 Å². The van der Waals surface area contributed by atoms with E-state index in [0.717, 1.165) is 0 Å². The molecule has 1 nitrogen and oxygen atoms in total. The Labute approximate surface area is 76.9 Å². The molecule has 2 heteroatoms. The van der Waals surface area contributed by atoms with Crippen LogP contribution >= 0.6 is 9.24 Å². The molecule has 0 amide bonds. The lowest BCUT2D eigenvalue weighted by Crippen LogP contribution is -2.11. The van der Waals surface area contributed by atoms with Gasteiger partial charge in [0.2, 0.25) is 0 Å². The average Bonchev–Trinajstić information content (AvgIpc) is 2.09. The molecule has 2 atom stereocenters. The van der Waals surface area contributed by atoms with Gasteiger partial charge in [-0.25, -0.2) is 0 Å². The van der Waals surface area contributed by atoms with Crippen LogP contribution in [0.4, 0.5) is 0 Å². The molecule has 12 heavy (non-hydrogen) atoms. The summed E-state index contributed by atoms with van der Waals surface area (Å²) in [4.78, 5) is 3.84. The molecule has 1 rings (SSSR count). The lowest BCUT2D eigenvalue weighted by molar-refractivity contribution is 0.688. The van der Waals surface area contributed by atoms with Gasteiger partial charge < -0.3 is 0 Å². The van der Waals surface area contributed by atoms with Crippen molar-refractivity contribution in [3.63, 3.8) is 0 Å². The van der Waals surface area contributed by atoms with E-state index in [-0.39, 0.29) is 0 Å². The van der Waals surface area contributed by atoms with Gasteiger partial charge in [0.1, 0.15) is 0 Å². The zero-order chi connectivity index (χ0) is 8.97. The van der Waals surface area contributed by atoms with Gasteiger partial charge in [-0.3, -0.25) is 4.99 Å². The van der Waals surface area contributed by atoms with E-state index in [4.69, 9.17) is 0 Å². The minimum absolute atomic E-state index is 0.579. The minimum Gasteiger partial charge on any atom is -0.272 e. The zero-order valence-electron chi connectivity index (χ0n) is 7.59. The summed E-state index contributed by atoms with van der Waals surface area (Å²) in [5.41, 5.74) is 3.37. The van der Waals surface area contributed by atoms with Crippen molar-refractivity contribution in [2.24, 2.45) is 4.99 Å². The lowest BCUT2D eigenvalue weighted by atomic mass is 9.89. The molecule has 1 fully saturated rings. The molecule has 0 aliphatic heterocycles. The van der Waals surface area contributed by atoms with Crippen molar-refractivity contribution in [3.8, 4) is 0 Å². The number of rotatable bonds is 1. The topological polar surface area (TPSA) is 12.4 Å². The van der Waals surface area contributed by atoms with E-state index in [1.807, 2.05) is 6.20 Å². The smallest absolute Gasteiger partial charge is 0.0301 e. The van der Waals surface area contributed by atoms with Crippen molar-refractivity contribution in [3.05, 3.63) is 23.4 Å². The number of aliphatic imine (C=N–C) groups is 1. The Balaban J connectivity index is 2.87. The molecule has 0 spiro atoms. The molecule has 0 aromatic rings. The molecule has 0 aromatic carbocycles. The summed E-state index contributed by atoms with van der Waals surface area (Å²) in [7, 11) is 2.88. The second-order valence-corrected chi connectivity index (χ2v) is 3.88. The van der Waals surface area contributed by atoms with Crippen LogP contribution in [0.5, 0.6) is 0 Å². The van der Waals surface area contributed by atoms with Crippen molar-refractivity contribution in [2.45, 2.75) is 31.8 Å². The van der Waals surface area contributed by atoms with Crippen molar-refractivity contribution in [2.75, 3.05) is 0 Å². The Morgan fingerprint density at radius 1 is 1.67 bits per heavy atom. The van der Waals surface area contributed by atoms with Crippen LogP contribution in [-0.2, 0) is 0 Å². The molecule has 0 radical (unpaired) electrons. The van der Waals surface area contributed by atoms with E-state index < -0.39 is 0 Å². The third-order valence-electron chi connectivity index (χ3n) is 2.31. The fourth-order valence-corrected chi connectivity index (χ4v) is 2.17. The van der Waals surface area contributed by atoms with Crippen LogP contribution in [0.1, 0.15) is 26.2 Å². The first-order valence-corrected chi connectivity index (χ1v) is 5.03. The first-order chi connectivity index (χ1) is 5.79. The fourth-order valence-electron chi connectivity index (χ4n) is 1.64. The third kappa shape index (κ3) is 2.04. The van der Waals surface area contributed by atoms with Crippen LogP contribution in [0.2, 0.25) is 0 Å². The number of nitrogens with zero attached hydrogens (tertiary/aromatic N) is 1. The largest absolute Gasteiger partial charge is 0.272 e. The second-order valence-electron chi connectivity index (χ2n) is 3.08. The Hall–Kier alpha value is -0.420. The van der Waals surface area contributed by atoms with E-state index in [1.165, 1.54) is 30.4 Å².